The highest BCUT2D eigenvalue weighted by Gasteiger charge is 2.28. The molecule has 34 heavy (non-hydrogen) atoms. The highest BCUT2D eigenvalue weighted by Crippen LogP contribution is 2.32. The molecule has 0 spiro atoms. The van der Waals surface area contributed by atoms with Gasteiger partial charge in [0.25, 0.3) is 11.8 Å². The van der Waals surface area contributed by atoms with Crippen LogP contribution in [0.4, 0.5) is 5.69 Å². The maximum Gasteiger partial charge on any atom is 0.291 e. The van der Waals surface area contributed by atoms with Crippen molar-refractivity contribution in [3.8, 4) is 11.5 Å². The number of halogens is 1. The van der Waals surface area contributed by atoms with Crippen molar-refractivity contribution in [3.63, 3.8) is 0 Å². The summed E-state index contributed by atoms with van der Waals surface area (Å²) >= 11 is 5.88. The first kappa shape index (κ1) is 23.4. The summed E-state index contributed by atoms with van der Waals surface area (Å²) in [5.41, 5.74) is 5.63. The molecule has 4 rings (SSSR count). The second kappa shape index (κ2) is 10.0. The van der Waals surface area contributed by atoms with Gasteiger partial charge < -0.3 is 19.2 Å². The Balaban J connectivity index is 1.56. The molecule has 0 aliphatic heterocycles. The number of hydrazone groups is 1. The smallest absolute Gasteiger partial charge is 0.291 e. The molecule has 3 aromatic rings. The largest absolute Gasteiger partial charge is 0.497 e. The Morgan fingerprint density at radius 1 is 1.03 bits per heavy atom. The van der Waals surface area contributed by atoms with E-state index in [0.29, 0.717) is 57.6 Å². The lowest BCUT2D eigenvalue weighted by atomic mass is 9.93. The van der Waals surface area contributed by atoms with Crippen LogP contribution in [0.25, 0.3) is 0 Å². The maximum atomic E-state index is 13.0. The number of methoxy groups -OCH3 is 2. The molecule has 9 heteroatoms. The SMILES string of the molecule is COc1ccc(NC(=O)c2oc3c(c2C)/C(=N/NC(=O)c2ccc(Cl)cc2)CCC3)c(OC)c1. The van der Waals surface area contributed by atoms with Crippen molar-refractivity contribution in [3.05, 3.63) is 75.7 Å². The molecule has 1 aliphatic rings. The Morgan fingerprint density at radius 3 is 2.50 bits per heavy atom. The van der Waals surface area contributed by atoms with E-state index in [1.165, 1.54) is 7.11 Å². The van der Waals surface area contributed by atoms with Crippen LogP contribution in [-0.4, -0.2) is 31.7 Å². The fourth-order valence-electron chi connectivity index (χ4n) is 3.86. The van der Waals surface area contributed by atoms with E-state index in [2.05, 4.69) is 15.8 Å². The molecule has 0 bridgehead atoms. The van der Waals surface area contributed by atoms with Crippen LogP contribution >= 0.6 is 11.6 Å². The number of carbonyl (C=O) groups excluding carboxylic acids is 2. The lowest BCUT2D eigenvalue weighted by Gasteiger charge is -2.13. The van der Waals surface area contributed by atoms with Gasteiger partial charge in [0.1, 0.15) is 17.3 Å². The van der Waals surface area contributed by atoms with Gasteiger partial charge in [-0.25, -0.2) is 5.43 Å². The molecule has 1 aromatic heterocycles. The zero-order chi connectivity index (χ0) is 24.2. The predicted octanol–water partition coefficient (Wildman–Crippen LogP) is 4.98. The van der Waals surface area contributed by atoms with Crippen molar-refractivity contribution in [2.24, 2.45) is 5.10 Å². The number of ether oxygens (including phenoxy) is 2. The van der Waals surface area contributed by atoms with E-state index in [4.69, 9.17) is 25.5 Å². The summed E-state index contributed by atoms with van der Waals surface area (Å²) in [6, 6.07) is 11.7. The summed E-state index contributed by atoms with van der Waals surface area (Å²) in [5.74, 6) is 1.20. The topological polar surface area (TPSA) is 102 Å². The number of amides is 2. The molecule has 0 saturated heterocycles. The third kappa shape index (κ3) is 4.77. The normalized spacial score (nSPS) is 13.8. The fourth-order valence-corrected chi connectivity index (χ4v) is 3.99. The number of benzene rings is 2. The van der Waals surface area contributed by atoms with Crippen LogP contribution in [0.1, 0.15) is 50.6 Å². The maximum absolute atomic E-state index is 13.0. The zero-order valence-electron chi connectivity index (χ0n) is 19.0. The quantitative estimate of drug-likeness (QED) is 0.483. The summed E-state index contributed by atoms with van der Waals surface area (Å²) in [4.78, 5) is 25.5. The molecule has 176 valence electrons. The van der Waals surface area contributed by atoms with Crippen molar-refractivity contribution >= 4 is 34.8 Å². The van der Waals surface area contributed by atoms with Crippen molar-refractivity contribution in [1.82, 2.24) is 5.43 Å². The van der Waals surface area contributed by atoms with Crippen molar-refractivity contribution in [2.75, 3.05) is 19.5 Å². The number of hydrogen-bond donors (Lipinski definition) is 2. The Labute approximate surface area is 201 Å². The van der Waals surface area contributed by atoms with Gasteiger partial charge in [-0.1, -0.05) is 11.6 Å². The van der Waals surface area contributed by atoms with Gasteiger partial charge in [-0.2, -0.15) is 5.10 Å². The van der Waals surface area contributed by atoms with Crippen LogP contribution < -0.4 is 20.2 Å². The van der Waals surface area contributed by atoms with E-state index < -0.39 is 5.91 Å². The highest BCUT2D eigenvalue weighted by atomic mass is 35.5. The first-order chi connectivity index (χ1) is 16.4. The highest BCUT2D eigenvalue weighted by molar-refractivity contribution is 6.30. The molecule has 2 N–H and O–H groups in total. The van der Waals surface area contributed by atoms with E-state index in [-0.39, 0.29) is 11.7 Å². The molecular weight excluding hydrogens is 458 g/mol. The first-order valence-corrected chi connectivity index (χ1v) is 11.1. The molecule has 0 atom stereocenters. The van der Waals surface area contributed by atoms with Gasteiger partial charge in [0, 0.05) is 34.2 Å². The Kier molecular flexibility index (Phi) is 6.88. The number of furan rings is 1. The van der Waals surface area contributed by atoms with Gasteiger partial charge in [0.2, 0.25) is 0 Å². The number of carbonyl (C=O) groups is 2. The lowest BCUT2D eigenvalue weighted by molar-refractivity contribution is 0.0953. The first-order valence-electron chi connectivity index (χ1n) is 10.7. The molecule has 8 nitrogen and oxygen atoms in total. The minimum absolute atomic E-state index is 0.196. The van der Waals surface area contributed by atoms with Crippen molar-refractivity contribution in [1.29, 1.82) is 0 Å². The van der Waals surface area contributed by atoms with Crippen LogP contribution in [0, 0.1) is 6.92 Å². The Hall–Kier alpha value is -3.78. The summed E-state index contributed by atoms with van der Waals surface area (Å²) in [6.07, 6.45) is 2.13. The summed E-state index contributed by atoms with van der Waals surface area (Å²) in [5, 5.41) is 7.73. The molecule has 1 aliphatic carbocycles. The van der Waals surface area contributed by atoms with Crippen LogP contribution in [0.2, 0.25) is 5.02 Å². The van der Waals surface area contributed by atoms with Gasteiger partial charge in [0.15, 0.2) is 5.76 Å². The van der Waals surface area contributed by atoms with Gasteiger partial charge in [0.05, 0.1) is 25.6 Å². The van der Waals surface area contributed by atoms with Crippen LogP contribution in [0.5, 0.6) is 11.5 Å². The average molecular weight is 482 g/mol. The molecule has 0 radical (unpaired) electrons. The monoisotopic (exact) mass is 481 g/mol. The molecule has 2 amide bonds. The molecule has 0 saturated carbocycles. The number of nitrogens with one attached hydrogen (secondary N) is 2. The second-order valence-corrected chi connectivity index (χ2v) is 8.17. The molecule has 2 aromatic carbocycles. The minimum atomic E-state index is -0.403. The van der Waals surface area contributed by atoms with E-state index in [9.17, 15) is 9.59 Å². The Bertz CT molecular complexity index is 1260. The van der Waals surface area contributed by atoms with Crippen molar-refractivity contribution < 1.29 is 23.5 Å². The molecule has 1 heterocycles. The van der Waals surface area contributed by atoms with E-state index in [1.54, 1.807) is 49.6 Å². The number of nitrogens with zero attached hydrogens (tertiary/aromatic N) is 1. The number of aryl methyl sites for hydroxylation is 1. The van der Waals surface area contributed by atoms with Crippen LogP contribution in [-0.2, 0) is 6.42 Å². The number of rotatable bonds is 6. The summed E-state index contributed by atoms with van der Waals surface area (Å²) in [7, 11) is 3.07. The van der Waals surface area contributed by atoms with E-state index >= 15 is 0 Å². The van der Waals surface area contributed by atoms with Crippen LogP contribution in [0.15, 0.2) is 52.0 Å². The second-order valence-electron chi connectivity index (χ2n) is 7.73. The van der Waals surface area contributed by atoms with E-state index in [1.807, 2.05) is 6.92 Å². The number of hydrogen-bond acceptors (Lipinski definition) is 6. The minimum Gasteiger partial charge on any atom is -0.497 e. The predicted molar refractivity (Wildman–Crippen MR) is 129 cm³/mol. The van der Waals surface area contributed by atoms with Gasteiger partial charge in [-0.15, -0.1) is 0 Å². The molecule has 0 unspecified atom stereocenters. The zero-order valence-corrected chi connectivity index (χ0v) is 19.8. The lowest BCUT2D eigenvalue weighted by Crippen LogP contribution is -2.22. The average Bonchev–Trinajstić information content (AvgIpc) is 3.20. The molecule has 0 fully saturated rings. The number of fused-ring (bicyclic) bond motifs is 1. The van der Waals surface area contributed by atoms with Crippen LogP contribution in [0.3, 0.4) is 0 Å². The van der Waals surface area contributed by atoms with E-state index in [0.717, 1.165) is 12.0 Å². The number of anilines is 1. The molecular formula is C25H24ClN3O5. The van der Waals surface area contributed by atoms with Gasteiger partial charge in [-0.05, 0) is 56.2 Å². The third-order valence-corrected chi connectivity index (χ3v) is 5.84. The summed E-state index contributed by atoms with van der Waals surface area (Å²) in [6.45, 7) is 1.81. The van der Waals surface area contributed by atoms with Crippen molar-refractivity contribution in [2.45, 2.75) is 26.2 Å². The summed E-state index contributed by atoms with van der Waals surface area (Å²) < 4.78 is 16.5. The third-order valence-electron chi connectivity index (χ3n) is 5.59. The fraction of sp³-hybridized carbons (Fsp3) is 0.240. The van der Waals surface area contributed by atoms with Gasteiger partial charge in [-0.3, -0.25) is 9.59 Å². The van der Waals surface area contributed by atoms with Gasteiger partial charge >= 0.3 is 0 Å². The standard InChI is InChI=1S/C25H24ClN3O5/c1-14-22-19(28-29-24(30)15-7-9-16(26)10-8-15)5-4-6-20(22)34-23(14)25(31)27-18-12-11-17(32-2)13-21(18)33-3/h7-13H,4-6H2,1-3H3,(H,27,31)(H,29,30)/b28-19+. The Morgan fingerprint density at radius 2 is 1.79 bits per heavy atom.